The topological polar surface area (TPSA) is 114 Å². The maximum atomic E-state index is 12.6. The molecule has 8 heteroatoms. The van der Waals surface area contributed by atoms with E-state index in [-0.39, 0.29) is 17.5 Å². The number of primary amides is 1. The number of pyridine rings is 1. The number of hydrogen-bond acceptors (Lipinski definition) is 4. The second-order valence-corrected chi connectivity index (χ2v) is 6.92. The van der Waals surface area contributed by atoms with Gasteiger partial charge in [-0.25, -0.2) is 0 Å². The van der Waals surface area contributed by atoms with Gasteiger partial charge in [-0.15, -0.1) is 0 Å². The molecular weight excluding hydrogens is 370 g/mol. The van der Waals surface area contributed by atoms with Crippen LogP contribution in [0.2, 0.25) is 5.02 Å². The SMILES string of the molecule is CC(Oc1cccc(Cl)c1)C(=O)NC1CCCc2[nH]c(=O)c(C(N)=O)cc21. The van der Waals surface area contributed by atoms with Gasteiger partial charge in [0, 0.05) is 10.7 Å². The second-order valence-electron chi connectivity index (χ2n) is 6.48. The van der Waals surface area contributed by atoms with Crippen molar-refractivity contribution in [3.05, 3.63) is 62.5 Å². The summed E-state index contributed by atoms with van der Waals surface area (Å²) in [6.07, 6.45) is 1.41. The Morgan fingerprint density at radius 2 is 2.15 bits per heavy atom. The average Bonchev–Trinajstić information content (AvgIpc) is 2.61. The van der Waals surface area contributed by atoms with Crippen LogP contribution in [0.5, 0.6) is 5.75 Å². The zero-order valence-corrected chi connectivity index (χ0v) is 15.5. The number of benzene rings is 1. The molecule has 142 valence electrons. The van der Waals surface area contributed by atoms with E-state index in [0.29, 0.717) is 34.9 Å². The molecule has 1 aromatic heterocycles. The molecule has 27 heavy (non-hydrogen) atoms. The Labute approximate surface area is 160 Å². The van der Waals surface area contributed by atoms with E-state index in [1.165, 1.54) is 6.07 Å². The molecule has 0 bridgehead atoms. The van der Waals surface area contributed by atoms with Gasteiger partial charge in [-0.05, 0) is 56.0 Å². The van der Waals surface area contributed by atoms with Crippen LogP contribution in [0, 0.1) is 0 Å². The minimum absolute atomic E-state index is 0.113. The summed E-state index contributed by atoms with van der Waals surface area (Å²) in [5, 5.41) is 3.44. The molecule has 0 aliphatic heterocycles. The van der Waals surface area contributed by atoms with Crippen molar-refractivity contribution in [2.24, 2.45) is 5.73 Å². The normalized spacial score (nSPS) is 16.9. The number of aromatic nitrogens is 1. The highest BCUT2D eigenvalue weighted by Gasteiger charge is 2.27. The van der Waals surface area contributed by atoms with E-state index in [9.17, 15) is 14.4 Å². The molecular formula is C19H20ClN3O4. The Bertz CT molecular complexity index is 941. The first-order valence-corrected chi connectivity index (χ1v) is 9.01. The molecule has 0 fully saturated rings. The molecule has 4 N–H and O–H groups in total. The highest BCUT2D eigenvalue weighted by molar-refractivity contribution is 6.30. The van der Waals surface area contributed by atoms with Crippen LogP contribution >= 0.6 is 11.6 Å². The van der Waals surface area contributed by atoms with Gasteiger partial charge in [0.25, 0.3) is 17.4 Å². The van der Waals surface area contributed by atoms with Crippen LogP contribution < -0.4 is 21.3 Å². The van der Waals surface area contributed by atoms with Crippen molar-refractivity contribution in [3.8, 4) is 5.75 Å². The van der Waals surface area contributed by atoms with Crippen LogP contribution in [0.15, 0.2) is 35.1 Å². The smallest absolute Gasteiger partial charge is 0.261 e. The number of rotatable bonds is 5. The zero-order chi connectivity index (χ0) is 19.6. The monoisotopic (exact) mass is 389 g/mol. The van der Waals surface area contributed by atoms with Gasteiger partial charge in [0.2, 0.25) is 0 Å². The molecule has 0 spiro atoms. The molecule has 0 saturated carbocycles. The average molecular weight is 390 g/mol. The molecule has 0 saturated heterocycles. The van der Waals surface area contributed by atoms with Crippen molar-refractivity contribution >= 4 is 23.4 Å². The highest BCUT2D eigenvalue weighted by Crippen LogP contribution is 2.28. The van der Waals surface area contributed by atoms with Gasteiger partial charge >= 0.3 is 0 Å². The summed E-state index contributed by atoms with van der Waals surface area (Å²) >= 11 is 5.93. The third kappa shape index (κ3) is 4.31. The van der Waals surface area contributed by atoms with Crippen LogP contribution in [0.4, 0.5) is 0 Å². The molecule has 1 aromatic carbocycles. The maximum Gasteiger partial charge on any atom is 0.261 e. The van der Waals surface area contributed by atoms with Gasteiger partial charge in [0.05, 0.1) is 6.04 Å². The predicted octanol–water partition coefficient (Wildman–Crippen LogP) is 2.09. The molecule has 7 nitrogen and oxygen atoms in total. The first-order chi connectivity index (χ1) is 12.8. The van der Waals surface area contributed by atoms with Gasteiger partial charge in [-0.3, -0.25) is 14.4 Å². The first kappa shape index (κ1) is 19.0. The summed E-state index contributed by atoms with van der Waals surface area (Å²) in [5.74, 6) is -0.610. The fourth-order valence-corrected chi connectivity index (χ4v) is 3.34. The molecule has 1 aliphatic carbocycles. The maximum absolute atomic E-state index is 12.6. The lowest BCUT2D eigenvalue weighted by Gasteiger charge is -2.27. The number of carbonyl (C=O) groups excluding carboxylic acids is 2. The standard InChI is InChI=1S/C19H20ClN3O4/c1-10(27-12-5-2-4-11(20)8-12)18(25)22-15-6-3-7-16-13(15)9-14(17(21)24)19(26)23-16/h2,4-5,8-10,15H,3,6-7H2,1H3,(H2,21,24)(H,22,25)(H,23,26). The lowest BCUT2D eigenvalue weighted by atomic mass is 9.90. The molecule has 3 rings (SSSR count). The number of halogens is 1. The number of hydrogen-bond donors (Lipinski definition) is 3. The van der Waals surface area contributed by atoms with Gasteiger partial charge in [0.1, 0.15) is 11.3 Å². The fourth-order valence-electron chi connectivity index (χ4n) is 3.16. The van der Waals surface area contributed by atoms with Crippen LogP contribution in [-0.2, 0) is 11.2 Å². The number of H-pyrrole nitrogens is 1. The van der Waals surface area contributed by atoms with Crippen molar-refractivity contribution < 1.29 is 14.3 Å². The largest absolute Gasteiger partial charge is 0.481 e. The van der Waals surface area contributed by atoms with E-state index in [4.69, 9.17) is 22.1 Å². The van der Waals surface area contributed by atoms with E-state index in [1.54, 1.807) is 31.2 Å². The minimum atomic E-state index is -0.799. The molecule has 2 unspecified atom stereocenters. The van der Waals surface area contributed by atoms with E-state index in [0.717, 1.165) is 6.42 Å². The Morgan fingerprint density at radius 3 is 2.85 bits per heavy atom. The summed E-state index contributed by atoms with van der Waals surface area (Å²) in [5.41, 5.74) is 6.06. The summed E-state index contributed by atoms with van der Waals surface area (Å²) in [6, 6.07) is 7.95. The van der Waals surface area contributed by atoms with E-state index >= 15 is 0 Å². The summed E-state index contributed by atoms with van der Waals surface area (Å²) < 4.78 is 5.64. The number of nitrogens with one attached hydrogen (secondary N) is 2. The molecule has 1 aliphatic rings. The van der Waals surface area contributed by atoms with Crippen molar-refractivity contribution in [1.82, 2.24) is 10.3 Å². The van der Waals surface area contributed by atoms with Gasteiger partial charge < -0.3 is 20.8 Å². The number of ether oxygens (including phenoxy) is 1. The number of nitrogens with two attached hydrogens (primary N) is 1. The summed E-state index contributed by atoms with van der Waals surface area (Å²) in [4.78, 5) is 38.7. The van der Waals surface area contributed by atoms with Crippen LogP contribution in [0.1, 0.15) is 47.4 Å². The molecule has 2 aromatic rings. The quantitative estimate of drug-likeness (QED) is 0.726. The lowest BCUT2D eigenvalue weighted by molar-refractivity contribution is -0.128. The van der Waals surface area contributed by atoms with Crippen LogP contribution in [0.25, 0.3) is 0 Å². The van der Waals surface area contributed by atoms with Crippen molar-refractivity contribution in [2.75, 3.05) is 0 Å². The van der Waals surface area contributed by atoms with Crippen molar-refractivity contribution in [3.63, 3.8) is 0 Å². The van der Waals surface area contributed by atoms with E-state index in [1.807, 2.05) is 0 Å². The fraction of sp³-hybridized carbons (Fsp3) is 0.316. The molecule has 2 atom stereocenters. The third-order valence-electron chi connectivity index (χ3n) is 4.51. The Kier molecular flexibility index (Phi) is 5.51. The Morgan fingerprint density at radius 1 is 1.37 bits per heavy atom. The summed E-state index contributed by atoms with van der Waals surface area (Å²) in [6.45, 7) is 1.64. The van der Waals surface area contributed by atoms with E-state index < -0.39 is 17.6 Å². The minimum Gasteiger partial charge on any atom is -0.481 e. The predicted molar refractivity (Wildman–Crippen MR) is 101 cm³/mol. The summed E-state index contributed by atoms with van der Waals surface area (Å²) in [7, 11) is 0. The number of amides is 2. The number of fused-ring (bicyclic) bond motifs is 1. The van der Waals surface area contributed by atoms with Gasteiger partial charge in [0.15, 0.2) is 6.10 Å². The van der Waals surface area contributed by atoms with Crippen molar-refractivity contribution in [1.29, 1.82) is 0 Å². The third-order valence-corrected chi connectivity index (χ3v) is 4.75. The van der Waals surface area contributed by atoms with Crippen molar-refractivity contribution in [2.45, 2.75) is 38.3 Å². The number of aromatic amines is 1. The van der Waals surface area contributed by atoms with Gasteiger partial charge in [-0.1, -0.05) is 17.7 Å². The Hall–Kier alpha value is -2.80. The van der Waals surface area contributed by atoms with Gasteiger partial charge in [-0.2, -0.15) is 0 Å². The zero-order valence-electron chi connectivity index (χ0n) is 14.8. The molecule has 2 amide bonds. The second kappa shape index (κ2) is 7.84. The molecule has 0 radical (unpaired) electrons. The first-order valence-electron chi connectivity index (χ1n) is 8.63. The highest BCUT2D eigenvalue weighted by atomic mass is 35.5. The number of aryl methyl sites for hydroxylation is 1. The Balaban J connectivity index is 1.76. The van der Waals surface area contributed by atoms with Crippen LogP contribution in [0.3, 0.4) is 0 Å². The van der Waals surface area contributed by atoms with E-state index in [2.05, 4.69) is 10.3 Å². The van der Waals surface area contributed by atoms with Crippen LogP contribution in [-0.4, -0.2) is 22.9 Å². The molecule has 1 heterocycles. The number of carbonyl (C=O) groups is 2. The lowest BCUT2D eigenvalue weighted by Crippen LogP contribution is -2.40.